The first kappa shape index (κ1) is 10.9. The topological polar surface area (TPSA) is 44.5 Å². The van der Waals surface area contributed by atoms with Gasteiger partial charge >= 0.3 is 0 Å². The van der Waals surface area contributed by atoms with Crippen molar-refractivity contribution in [2.45, 2.75) is 19.8 Å². The van der Waals surface area contributed by atoms with Crippen molar-refractivity contribution in [3.05, 3.63) is 23.8 Å². The van der Waals surface area contributed by atoms with Crippen LogP contribution in [0.25, 0.3) is 0 Å². The fourth-order valence-corrected chi connectivity index (χ4v) is 3.10. The molecule has 1 aromatic rings. The van der Waals surface area contributed by atoms with Gasteiger partial charge < -0.3 is 15.2 Å². The molecule has 3 heteroatoms. The number of rotatable bonds is 2. The van der Waals surface area contributed by atoms with Crippen LogP contribution in [0.5, 0.6) is 11.5 Å². The van der Waals surface area contributed by atoms with E-state index >= 15 is 0 Å². The third-order valence-corrected chi connectivity index (χ3v) is 4.23. The first-order valence-electron chi connectivity index (χ1n) is 6.24. The van der Waals surface area contributed by atoms with E-state index in [1.165, 1.54) is 5.56 Å². The molecule has 1 saturated carbocycles. The lowest BCUT2D eigenvalue weighted by molar-refractivity contribution is 0.171. The Balaban J connectivity index is 1.90. The molecular weight excluding hydrogens is 214 g/mol. The Hall–Kier alpha value is -1.22. The van der Waals surface area contributed by atoms with E-state index in [-0.39, 0.29) is 0 Å². The molecule has 17 heavy (non-hydrogen) atoms. The number of fused-ring (bicyclic) bond motifs is 1. The highest BCUT2D eigenvalue weighted by molar-refractivity contribution is 5.47. The molecule has 0 radical (unpaired) electrons. The number of ether oxygens (including phenoxy) is 2. The lowest BCUT2D eigenvalue weighted by Gasteiger charge is -2.19. The Labute approximate surface area is 102 Å². The molecule has 2 N–H and O–H groups in total. The summed E-state index contributed by atoms with van der Waals surface area (Å²) in [7, 11) is 0. The van der Waals surface area contributed by atoms with Crippen LogP contribution in [-0.4, -0.2) is 19.8 Å². The van der Waals surface area contributed by atoms with Gasteiger partial charge in [0.1, 0.15) is 13.2 Å². The van der Waals surface area contributed by atoms with Gasteiger partial charge in [-0.05, 0) is 41.5 Å². The summed E-state index contributed by atoms with van der Waals surface area (Å²) in [4.78, 5) is 0. The molecule has 1 aliphatic heterocycles. The van der Waals surface area contributed by atoms with Gasteiger partial charge in [-0.25, -0.2) is 0 Å². The lowest BCUT2D eigenvalue weighted by Crippen LogP contribution is -2.15. The Kier molecular flexibility index (Phi) is 2.33. The molecule has 92 valence electrons. The van der Waals surface area contributed by atoms with Crippen LogP contribution in [0, 0.1) is 11.3 Å². The van der Waals surface area contributed by atoms with Gasteiger partial charge in [0.15, 0.2) is 11.5 Å². The average Bonchev–Trinajstić information content (AvgIpc) is 2.90. The first-order chi connectivity index (χ1) is 8.14. The maximum Gasteiger partial charge on any atom is 0.161 e. The van der Waals surface area contributed by atoms with E-state index in [1.807, 2.05) is 6.07 Å². The van der Waals surface area contributed by atoms with Crippen LogP contribution in [0.3, 0.4) is 0 Å². The largest absolute Gasteiger partial charge is 0.486 e. The number of nitrogens with two attached hydrogens (primary N) is 1. The summed E-state index contributed by atoms with van der Waals surface area (Å²) >= 11 is 0. The predicted molar refractivity (Wildman–Crippen MR) is 66.5 cm³/mol. The summed E-state index contributed by atoms with van der Waals surface area (Å²) in [6.45, 7) is 6.61. The van der Waals surface area contributed by atoms with Crippen LogP contribution in [-0.2, 0) is 0 Å². The monoisotopic (exact) mass is 233 g/mol. The molecule has 3 rings (SSSR count). The summed E-state index contributed by atoms with van der Waals surface area (Å²) in [6.07, 6.45) is 0. The normalized spacial score (nSPS) is 28.9. The molecule has 1 aliphatic carbocycles. The van der Waals surface area contributed by atoms with Crippen molar-refractivity contribution >= 4 is 0 Å². The lowest BCUT2D eigenvalue weighted by atomic mass is 10.0. The fourth-order valence-electron chi connectivity index (χ4n) is 3.10. The van der Waals surface area contributed by atoms with Gasteiger partial charge in [-0.3, -0.25) is 0 Å². The Morgan fingerprint density at radius 2 is 1.94 bits per heavy atom. The van der Waals surface area contributed by atoms with Crippen molar-refractivity contribution in [1.82, 2.24) is 0 Å². The molecule has 0 spiro atoms. The molecule has 3 nitrogen and oxygen atoms in total. The van der Waals surface area contributed by atoms with E-state index < -0.39 is 0 Å². The Morgan fingerprint density at radius 3 is 2.59 bits per heavy atom. The highest BCUT2D eigenvalue weighted by Crippen LogP contribution is 2.64. The van der Waals surface area contributed by atoms with Crippen LogP contribution in [0.15, 0.2) is 18.2 Å². The maximum atomic E-state index is 5.82. The molecule has 0 aromatic heterocycles. The zero-order chi connectivity index (χ0) is 12.0. The number of hydrogen-bond donors (Lipinski definition) is 1. The predicted octanol–water partition coefficient (Wildman–Crippen LogP) is 2.16. The summed E-state index contributed by atoms with van der Waals surface area (Å²) < 4.78 is 11.2. The molecule has 1 fully saturated rings. The van der Waals surface area contributed by atoms with E-state index in [9.17, 15) is 0 Å². The van der Waals surface area contributed by atoms with Crippen molar-refractivity contribution in [3.63, 3.8) is 0 Å². The second-order valence-corrected chi connectivity index (χ2v) is 5.54. The van der Waals surface area contributed by atoms with Gasteiger partial charge in [0, 0.05) is 0 Å². The molecule has 2 aliphatic rings. The third-order valence-electron chi connectivity index (χ3n) is 4.23. The minimum atomic E-state index is 0.318. The maximum absolute atomic E-state index is 5.82. The van der Waals surface area contributed by atoms with Crippen LogP contribution in [0.4, 0.5) is 0 Å². The molecule has 2 atom stereocenters. The minimum Gasteiger partial charge on any atom is -0.486 e. The van der Waals surface area contributed by atoms with E-state index in [0.717, 1.165) is 18.0 Å². The van der Waals surface area contributed by atoms with Crippen LogP contribution < -0.4 is 15.2 Å². The van der Waals surface area contributed by atoms with E-state index in [0.29, 0.717) is 30.5 Å². The number of benzene rings is 1. The molecule has 0 unspecified atom stereocenters. The summed E-state index contributed by atoms with van der Waals surface area (Å²) in [6, 6.07) is 6.29. The van der Waals surface area contributed by atoms with Crippen molar-refractivity contribution in [3.8, 4) is 11.5 Å². The quantitative estimate of drug-likeness (QED) is 0.851. The van der Waals surface area contributed by atoms with Crippen molar-refractivity contribution in [2.75, 3.05) is 19.8 Å². The van der Waals surface area contributed by atoms with E-state index in [4.69, 9.17) is 15.2 Å². The van der Waals surface area contributed by atoms with Gasteiger partial charge in [-0.1, -0.05) is 19.9 Å². The smallest absolute Gasteiger partial charge is 0.161 e. The van der Waals surface area contributed by atoms with E-state index in [2.05, 4.69) is 26.0 Å². The third kappa shape index (κ3) is 1.61. The Bertz CT molecular complexity index is 442. The summed E-state index contributed by atoms with van der Waals surface area (Å²) in [5.74, 6) is 2.89. The minimum absolute atomic E-state index is 0.318. The van der Waals surface area contributed by atoms with Crippen molar-refractivity contribution in [1.29, 1.82) is 0 Å². The van der Waals surface area contributed by atoms with Crippen molar-refractivity contribution in [2.24, 2.45) is 17.1 Å². The molecule has 1 heterocycles. The van der Waals surface area contributed by atoms with Crippen LogP contribution >= 0.6 is 0 Å². The molecule has 0 bridgehead atoms. The SMILES string of the molecule is CC1(C)[C@@H](CN)[C@@H]1c1ccc2c(c1)OCCO2. The van der Waals surface area contributed by atoms with Crippen LogP contribution in [0.1, 0.15) is 25.3 Å². The van der Waals surface area contributed by atoms with Crippen LogP contribution in [0.2, 0.25) is 0 Å². The highest BCUT2D eigenvalue weighted by atomic mass is 16.6. The zero-order valence-corrected chi connectivity index (χ0v) is 10.4. The first-order valence-corrected chi connectivity index (χ1v) is 6.24. The van der Waals surface area contributed by atoms with Gasteiger partial charge in [-0.2, -0.15) is 0 Å². The standard InChI is InChI=1S/C14H19NO2/c1-14(2)10(8-15)13(14)9-3-4-11-12(7-9)17-6-5-16-11/h3-4,7,10,13H,5-6,8,15H2,1-2H3/t10-,13-/m0/s1. The number of hydrogen-bond acceptors (Lipinski definition) is 3. The fraction of sp³-hybridized carbons (Fsp3) is 0.571. The molecule has 0 amide bonds. The van der Waals surface area contributed by atoms with Crippen molar-refractivity contribution < 1.29 is 9.47 Å². The second-order valence-electron chi connectivity index (χ2n) is 5.54. The van der Waals surface area contributed by atoms with Gasteiger partial charge in [0.05, 0.1) is 0 Å². The van der Waals surface area contributed by atoms with Gasteiger partial charge in [0.2, 0.25) is 0 Å². The molecule has 1 aromatic carbocycles. The Morgan fingerprint density at radius 1 is 1.24 bits per heavy atom. The summed E-state index contributed by atoms with van der Waals surface area (Å²) in [5, 5.41) is 0. The zero-order valence-electron chi connectivity index (χ0n) is 10.4. The molecular formula is C14H19NO2. The van der Waals surface area contributed by atoms with Gasteiger partial charge in [-0.15, -0.1) is 0 Å². The average molecular weight is 233 g/mol. The van der Waals surface area contributed by atoms with Gasteiger partial charge in [0.25, 0.3) is 0 Å². The van der Waals surface area contributed by atoms with E-state index in [1.54, 1.807) is 0 Å². The second kappa shape index (κ2) is 3.64. The molecule has 0 saturated heterocycles. The summed E-state index contributed by atoms with van der Waals surface area (Å²) in [5.41, 5.74) is 7.47. The highest BCUT2D eigenvalue weighted by Gasteiger charge is 2.57.